The summed E-state index contributed by atoms with van der Waals surface area (Å²) in [6.45, 7) is 6.59. The molecule has 0 aliphatic rings. The number of halogens is 1. The first-order chi connectivity index (χ1) is 9.44. The van der Waals surface area contributed by atoms with E-state index in [1.165, 1.54) is 6.07 Å². The van der Waals surface area contributed by atoms with Crippen LogP contribution in [0.3, 0.4) is 0 Å². The van der Waals surface area contributed by atoms with Crippen molar-refractivity contribution in [2.24, 2.45) is 0 Å². The molecule has 1 atom stereocenters. The molecule has 7 heteroatoms. The lowest BCUT2D eigenvalue weighted by molar-refractivity contribution is 0.533. The molecular formula is C13H18ClN5O. The lowest BCUT2D eigenvalue weighted by Crippen LogP contribution is -2.20. The summed E-state index contributed by atoms with van der Waals surface area (Å²) in [4.78, 5) is 18.8. The van der Waals surface area contributed by atoms with Gasteiger partial charge in [-0.05, 0) is 13.8 Å². The molecular weight excluding hydrogens is 278 g/mol. The van der Waals surface area contributed by atoms with E-state index >= 15 is 0 Å². The maximum Gasteiger partial charge on any atom is 0.252 e. The Bertz CT molecular complexity index is 634. The number of anilines is 1. The van der Waals surface area contributed by atoms with Crippen molar-refractivity contribution in [3.63, 3.8) is 0 Å². The lowest BCUT2D eigenvalue weighted by atomic mass is 10.1. The molecule has 0 aromatic carbocycles. The summed E-state index contributed by atoms with van der Waals surface area (Å²) in [6.07, 6.45) is 3.34. The zero-order chi connectivity index (χ0) is 14.7. The highest BCUT2D eigenvalue weighted by molar-refractivity contribution is 6.30. The van der Waals surface area contributed by atoms with Gasteiger partial charge in [0.05, 0.1) is 16.9 Å². The van der Waals surface area contributed by atoms with Gasteiger partial charge in [-0.2, -0.15) is 5.10 Å². The molecule has 108 valence electrons. The highest BCUT2D eigenvalue weighted by Gasteiger charge is 2.11. The number of H-pyrrole nitrogens is 1. The van der Waals surface area contributed by atoms with Crippen molar-refractivity contribution in [1.82, 2.24) is 19.7 Å². The number of hydrogen-bond donors (Lipinski definition) is 2. The summed E-state index contributed by atoms with van der Waals surface area (Å²) < 4.78 is 1.74. The van der Waals surface area contributed by atoms with Crippen LogP contribution in [0, 0.1) is 0 Å². The van der Waals surface area contributed by atoms with E-state index in [4.69, 9.17) is 11.6 Å². The van der Waals surface area contributed by atoms with Crippen molar-refractivity contribution in [3.05, 3.63) is 39.5 Å². The highest BCUT2D eigenvalue weighted by Crippen LogP contribution is 2.16. The van der Waals surface area contributed by atoms with E-state index in [1.807, 2.05) is 20.8 Å². The second kappa shape index (κ2) is 6.09. The molecule has 0 bridgehead atoms. The minimum atomic E-state index is -0.163. The predicted molar refractivity (Wildman–Crippen MR) is 79.3 cm³/mol. The van der Waals surface area contributed by atoms with Crippen LogP contribution >= 0.6 is 11.6 Å². The number of aromatic nitrogens is 4. The third-order valence-electron chi connectivity index (χ3n) is 2.75. The zero-order valence-electron chi connectivity index (χ0n) is 11.7. The van der Waals surface area contributed by atoms with Crippen molar-refractivity contribution < 1.29 is 0 Å². The fourth-order valence-electron chi connectivity index (χ4n) is 1.88. The highest BCUT2D eigenvalue weighted by atomic mass is 35.5. The molecule has 0 radical (unpaired) electrons. The second-order valence-corrected chi connectivity index (χ2v) is 5.54. The molecule has 2 rings (SSSR count). The molecule has 2 aromatic rings. The molecule has 2 aromatic heterocycles. The van der Waals surface area contributed by atoms with Gasteiger partial charge in [0.25, 0.3) is 5.56 Å². The number of aromatic amines is 1. The van der Waals surface area contributed by atoms with Crippen LogP contribution in [0.25, 0.3) is 0 Å². The largest absolute Gasteiger partial charge is 0.354 e. The Hall–Kier alpha value is -1.82. The fraction of sp³-hybridized carbons (Fsp3) is 0.462. The van der Waals surface area contributed by atoms with Crippen LogP contribution in [0.2, 0.25) is 5.02 Å². The first-order valence-corrected chi connectivity index (χ1v) is 6.87. The van der Waals surface area contributed by atoms with Gasteiger partial charge in [0.1, 0.15) is 0 Å². The monoisotopic (exact) mass is 295 g/mol. The van der Waals surface area contributed by atoms with E-state index < -0.39 is 0 Å². The van der Waals surface area contributed by atoms with Gasteiger partial charge in [0, 0.05) is 30.8 Å². The average molecular weight is 296 g/mol. The van der Waals surface area contributed by atoms with Gasteiger partial charge in [-0.15, -0.1) is 0 Å². The molecule has 0 amide bonds. The average Bonchev–Trinajstić information content (AvgIpc) is 2.73. The molecule has 0 unspecified atom stereocenters. The van der Waals surface area contributed by atoms with Gasteiger partial charge >= 0.3 is 0 Å². The van der Waals surface area contributed by atoms with E-state index in [0.29, 0.717) is 17.5 Å². The molecule has 2 N–H and O–H groups in total. The number of nitrogens with one attached hydrogen (secondary N) is 2. The standard InChI is InChI=1S/C13H18ClN5O/c1-8(2)16-13-17-11(4-12(20)18-13)9(3)6-19-7-10(14)5-15-19/h4-5,7-9H,6H2,1-3H3,(H2,16,17,18,20)/t9-/m1/s1. The Balaban J connectivity index is 2.18. The molecule has 2 heterocycles. The topological polar surface area (TPSA) is 75.6 Å². The summed E-state index contributed by atoms with van der Waals surface area (Å²) in [5.41, 5.74) is 0.562. The van der Waals surface area contributed by atoms with E-state index in [0.717, 1.165) is 5.69 Å². The Labute approximate surface area is 122 Å². The van der Waals surface area contributed by atoms with Gasteiger partial charge < -0.3 is 5.32 Å². The van der Waals surface area contributed by atoms with Crippen molar-refractivity contribution in [1.29, 1.82) is 0 Å². The van der Waals surface area contributed by atoms with Crippen LogP contribution < -0.4 is 10.9 Å². The Morgan fingerprint density at radius 1 is 1.45 bits per heavy atom. The molecule has 0 saturated heterocycles. The van der Waals surface area contributed by atoms with E-state index in [-0.39, 0.29) is 17.5 Å². The number of nitrogens with zero attached hydrogens (tertiary/aromatic N) is 3. The second-order valence-electron chi connectivity index (χ2n) is 5.10. The third kappa shape index (κ3) is 3.84. The fourth-order valence-corrected chi connectivity index (χ4v) is 2.04. The van der Waals surface area contributed by atoms with Gasteiger partial charge in [0.2, 0.25) is 5.95 Å². The van der Waals surface area contributed by atoms with E-state index in [2.05, 4.69) is 20.4 Å². The normalized spacial score (nSPS) is 12.7. The van der Waals surface area contributed by atoms with Crippen molar-refractivity contribution in [2.45, 2.75) is 39.3 Å². The summed E-state index contributed by atoms with van der Waals surface area (Å²) >= 11 is 5.83. The smallest absolute Gasteiger partial charge is 0.252 e. The minimum Gasteiger partial charge on any atom is -0.354 e. The SMILES string of the molecule is CC(C)Nc1nc([C@H](C)Cn2cc(Cl)cn2)cc(=O)[nH]1. The summed E-state index contributed by atoms with van der Waals surface area (Å²) in [7, 11) is 0. The van der Waals surface area contributed by atoms with Gasteiger partial charge in [-0.3, -0.25) is 14.5 Å². The lowest BCUT2D eigenvalue weighted by Gasteiger charge is -2.14. The third-order valence-corrected chi connectivity index (χ3v) is 2.95. The molecule has 0 spiro atoms. The Morgan fingerprint density at radius 2 is 2.20 bits per heavy atom. The predicted octanol–water partition coefficient (Wildman–Crippen LogP) is 2.24. The number of rotatable bonds is 5. The van der Waals surface area contributed by atoms with Crippen LogP contribution in [-0.4, -0.2) is 25.8 Å². The van der Waals surface area contributed by atoms with Crippen LogP contribution in [0.5, 0.6) is 0 Å². The van der Waals surface area contributed by atoms with Crippen molar-refractivity contribution in [2.75, 3.05) is 5.32 Å². The summed E-state index contributed by atoms with van der Waals surface area (Å²) in [6, 6.07) is 1.72. The Kier molecular flexibility index (Phi) is 4.44. The molecule has 0 fully saturated rings. The van der Waals surface area contributed by atoms with E-state index in [1.54, 1.807) is 17.1 Å². The zero-order valence-corrected chi connectivity index (χ0v) is 12.5. The molecule has 0 saturated carbocycles. The van der Waals surface area contributed by atoms with Crippen molar-refractivity contribution >= 4 is 17.5 Å². The molecule has 0 aliphatic carbocycles. The van der Waals surface area contributed by atoms with Crippen LogP contribution in [0.4, 0.5) is 5.95 Å². The quantitative estimate of drug-likeness (QED) is 0.887. The summed E-state index contributed by atoms with van der Waals surface area (Å²) in [5.74, 6) is 0.550. The first kappa shape index (κ1) is 14.6. The van der Waals surface area contributed by atoms with Gasteiger partial charge in [-0.25, -0.2) is 4.98 Å². The first-order valence-electron chi connectivity index (χ1n) is 6.50. The minimum absolute atomic E-state index is 0.0565. The van der Waals surface area contributed by atoms with Crippen LogP contribution in [-0.2, 0) is 6.54 Å². The van der Waals surface area contributed by atoms with E-state index in [9.17, 15) is 4.79 Å². The maximum atomic E-state index is 11.7. The maximum absolute atomic E-state index is 11.7. The van der Waals surface area contributed by atoms with Crippen molar-refractivity contribution in [3.8, 4) is 0 Å². The molecule has 6 nitrogen and oxygen atoms in total. The summed E-state index contributed by atoms with van der Waals surface area (Å²) in [5, 5.41) is 7.82. The van der Waals surface area contributed by atoms with Gasteiger partial charge in [-0.1, -0.05) is 18.5 Å². The molecule has 0 aliphatic heterocycles. The number of hydrogen-bond acceptors (Lipinski definition) is 4. The van der Waals surface area contributed by atoms with Gasteiger partial charge in [0.15, 0.2) is 0 Å². The Morgan fingerprint density at radius 3 is 2.80 bits per heavy atom. The van der Waals surface area contributed by atoms with Crippen LogP contribution in [0.1, 0.15) is 32.4 Å². The molecule has 20 heavy (non-hydrogen) atoms. The van der Waals surface area contributed by atoms with Crippen LogP contribution in [0.15, 0.2) is 23.3 Å².